The lowest BCUT2D eigenvalue weighted by atomic mass is 9.37. The maximum atomic E-state index is 9.69. The summed E-state index contributed by atoms with van der Waals surface area (Å²) in [7, 11) is 0. The van der Waals surface area contributed by atoms with Gasteiger partial charge in [-0.3, -0.25) is 15.0 Å². The molecular weight excluding hydrogens is 913 g/mol. The van der Waals surface area contributed by atoms with Gasteiger partial charge >= 0.3 is 0 Å². The Morgan fingerprint density at radius 2 is 1.05 bits per heavy atom. The third-order valence-electron chi connectivity index (χ3n) is 20.4. The van der Waals surface area contributed by atoms with Crippen LogP contribution in [0.5, 0.6) is 0 Å². The molecule has 0 N–H and O–H groups in total. The number of nitrogens with zero attached hydrogens (tertiary/aromatic N) is 4. The molecule has 4 atom stereocenters. The molecule has 8 aromatic rings. The number of aryl methyl sites for hydroxylation is 7. The zero-order valence-corrected chi connectivity index (χ0v) is 44.9. The number of aromatic nitrogens is 4. The minimum Gasteiger partial charge on any atom is -0.437 e. The van der Waals surface area contributed by atoms with Crippen LogP contribution in [0.1, 0.15) is 162 Å². The lowest BCUT2D eigenvalue weighted by Crippen LogP contribution is -2.57. The average molecular weight is 990 g/mol. The van der Waals surface area contributed by atoms with E-state index in [-0.39, 0.29) is 5.41 Å². The zero-order chi connectivity index (χ0) is 51.2. The molecule has 382 valence electrons. The van der Waals surface area contributed by atoms with Crippen LogP contribution in [0.25, 0.3) is 55.8 Å². The number of pyridine rings is 4. The third kappa shape index (κ3) is 9.26. The van der Waals surface area contributed by atoms with Crippen molar-refractivity contribution in [3.8, 4) is 33.8 Å². The molecule has 4 unspecified atom stereocenters. The van der Waals surface area contributed by atoms with E-state index < -0.39 is 5.89 Å². The Morgan fingerprint density at radius 1 is 0.520 bits per heavy atom. The molecule has 0 amide bonds. The van der Waals surface area contributed by atoms with E-state index in [4.69, 9.17) is 24.4 Å². The van der Waals surface area contributed by atoms with Crippen LogP contribution in [0.2, 0.25) is 0 Å². The summed E-state index contributed by atoms with van der Waals surface area (Å²) in [4.78, 5) is 20.6. The van der Waals surface area contributed by atoms with Crippen LogP contribution in [-0.2, 0) is 38.5 Å². The van der Waals surface area contributed by atoms with E-state index >= 15 is 0 Å². The Labute approximate surface area is 447 Å². The molecular formula is C70H76N4O. The Hall–Kier alpha value is -5.94. The number of hydrogen-bond donors (Lipinski definition) is 0. The molecule has 5 fully saturated rings. The quantitative estimate of drug-likeness (QED) is 0.164. The Kier molecular flexibility index (Phi) is 11.7. The van der Waals surface area contributed by atoms with Gasteiger partial charge in [-0.15, -0.1) is 0 Å². The molecule has 0 radical (unpaired) electrons. The molecule has 12 aliphatic carbocycles. The van der Waals surface area contributed by atoms with E-state index in [1.165, 1.54) is 133 Å². The summed E-state index contributed by atoms with van der Waals surface area (Å²) in [6.07, 6.45) is 32.0. The van der Waals surface area contributed by atoms with Gasteiger partial charge in [-0.05, 0) is 263 Å². The summed E-state index contributed by atoms with van der Waals surface area (Å²) < 4.78 is 16.6. The van der Waals surface area contributed by atoms with Crippen molar-refractivity contribution >= 4 is 22.1 Å². The zero-order valence-electron chi connectivity index (χ0n) is 45.9. The Bertz CT molecular complexity index is 3320. The van der Waals surface area contributed by atoms with E-state index in [0.29, 0.717) is 34.3 Å². The third-order valence-corrected chi connectivity index (χ3v) is 20.4. The van der Waals surface area contributed by atoms with Crippen LogP contribution in [0, 0.1) is 46.8 Å². The molecule has 3 spiro atoms. The predicted molar refractivity (Wildman–Crippen MR) is 306 cm³/mol. The first-order chi connectivity index (χ1) is 36.9. The van der Waals surface area contributed by atoms with Crippen molar-refractivity contribution in [2.45, 2.75) is 162 Å². The molecule has 26 aliphatic rings. The molecule has 0 saturated heterocycles. The fraction of sp³-hybridized carbons (Fsp3) is 0.457. The van der Waals surface area contributed by atoms with Gasteiger partial charge in [-0.1, -0.05) is 80.6 Å². The lowest BCUT2D eigenvalue weighted by Gasteiger charge is -2.67. The van der Waals surface area contributed by atoms with Crippen LogP contribution in [-0.4, -0.2) is 19.9 Å². The van der Waals surface area contributed by atoms with Crippen LogP contribution in [0.3, 0.4) is 0 Å². The second-order valence-corrected chi connectivity index (χ2v) is 26.0. The van der Waals surface area contributed by atoms with Crippen molar-refractivity contribution in [2.24, 2.45) is 39.9 Å². The fourth-order valence-corrected chi connectivity index (χ4v) is 17.4. The highest BCUT2D eigenvalue weighted by molar-refractivity contribution is 6.10. The van der Waals surface area contributed by atoms with Gasteiger partial charge in [0.05, 0.1) is 17.1 Å². The van der Waals surface area contributed by atoms with Gasteiger partial charge in [-0.25, -0.2) is 4.98 Å². The SMILES string of the molecule is [2H]C(C)(C)c1cc2ncc1CCC13CC4CC5(CCc6ccc(nc6)-c6ccc(cc6)CCC6CC(CCc7ccc(cc7)-c7ccc(cn7)CCC(C4)(C5)C1)CC(CCc1ccc-2c2oc4nc(C)ccc4c12)C6)C3. The first-order valence-corrected chi connectivity index (χ1v) is 29.3. The normalized spacial score (nSPS) is 28.0. The molecule has 5 aromatic heterocycles. The Balaban J connectivity index is 0.892. The molecule has 3 aromatic carbocycles. The van der Waals surface area contributed by atoms with Gasteiger partial charge in [0.15, 0.2) is 0 Å². The number of fused-ring (bicyclic) bond motifs is 1. The van der Waals surface area contributed by atoms with Crippen LogP contribution >= 0.6 is 0 Å². The maximum absolute atomic E-state index is 9.69. The van der Waals surface area contributed by atoms with Crippen molar-refractivity contribution in [2.75, 3.05) is 0 Å². The molecule has 5 nitrogen and oxygen atoms in total. The fourth-order valence-electron chi connectivity index (χ4n) is 17.4. The monoisotopic (exact) mass is 990 g/mol. The van der Waals surface area contributed by atoms with Crippen molar-refractivity contribution in [1.82, 2.24) is 19.9 Å². The van der Waals surface area contributed by atoms with Gasteiger partial charge in [0.25, 0.3) is 0 Å². The molecule has 75 heavy (non-hydrogen) atoms. The molecule has 34 rings (SSSR count). The van der Waals surface area contributed by atoms with Gasteiger partial charge in [0, 0.05) is 53.1 Å². The molecule has 19 heterocycles. The van der Waals surface area contributed by atoms with E-state index in [1.54, 1.807) is 0 Å². The molecule has 14 aliphatic heterocycles. The summed E-state index contributed by atoms with van der Waals surface area (Å²) in [5.74, 6) is 1.99. The van der Waals surface area contributed by atoms with E-state index in [0.717, 1.165) is 102 Å². The van der Waals surface area contributed by atoms with Gasteiger partial charge in [-0.2, -0.15) is 0 Å². The highest BCUT2D eigenvalue weighted by Crippen LogP contribution is 2.73. The average Bonchev–Trinajstić information content (AvgIpc) is 3.96. The number of benzene rings is 3. The summed E-state index contributed by atoms with van der Waals surface area (Å²) in [6, 6.07) is 39.4. The maximum Gasteiger partial charge on any atom is 0.227 e. The Morgan fingerprint density at radius 3 is 1.60 bits per heavy atom. The smallest absolute Gasteiger partial charge is 0.227 e. The predicted octanol–water partition coefficient (Wildman–Crippen LogP) is 17.6. The summed E-state index contributed by atoms with van der Waals surface area (Å²) in [5, 5.41) is 2.28. The first-order valence-electron chi connectivity index (χ1n) is 29.8. The van der Waals surface area contributed by atoms with Gasteiger partial charge in [0.1, 0.15) is 5.58 Å². The summed E-state index contributed by atoms with van der Waals surface area (Å²) in [5.41, 5.74) is 19.3. The topological polar surface area (TPSA) is 64.7 Å². The van der Waals surface area contributed by atoms with Crippen molar-refractivity contribution in [3.05, 3.63) is 166 Å². The lowest BCUT2D eigenvalue weighted by molar-refractivity contribution is -0.166. The molecule has 5 saturated carbocycles. The van der Waals surface area contributed by atoms with E-state index in [9.17, 15) is 1.37 Å². The highest BCUT2D eigenvalue weighted by Gasteiger charge is 2.62. The van der Waals surface area contributed by atoms with Crippen molar-refractivity contribution in [1.29, 1.82) is 0 Å². The molecule has 5 heteroatoms. The van der Waals surface area contributed by atoms with Crippen molar-refractivity contribution < 1.29 is 5.79 Å². The summed E-state index contributed by atoms with van der Waals surface area (Å²) in [6.45, 7) is 6.20. The van der Waals surface area contributed by atoms with Gasteiger partial charge < -0.3 is 4.42 Å². The minimum atomic E-state index is -0.796. The number of hydrogen-bond acceptors (Lipinski definition) is 5. The minimum absolute atomic E-state index is 0.270. The largest absolute Gasteiger partial charge is 0.437 e. The van der Waals surface area contributed by atoms with Gasteiger partial charge in [0.2, 0.25) is 5.71 Å². The number of rotatable bonds is 1. The second kappa shape index (κ2) is 19.0. The second-order valence-electron chi connectivity index (χ2n) is 26.0. The summed E-state index contributed by atoms with van der Waals surface area (Å²) >= 11 is 0. The van der Waals surface area contributed by atoms with Crippen molar-refractivity contribution in [3.63, 3.8) is 0 Å². The van der Waals surface area contributed by atoms with Crippen LogP contribution in [0.4, 0.5) is 0 Å². The molecule has 19 bridgehead atoms. The van der Waals surface area contributed by atoms with E-state index in [1.807, 2.05) is 0 Å². The van der Waals surface area contributed by atoms with Crippen LogP contribution in [0.15, 0.2) is 126 Å². The number of furan rings is 1. The standard InChI is InChI=1S/C70H76N4O/c1-45(2)61-35-64-59-23-21-57(65-60-22-4-46(3)74-67(60)75-66(59)65)20-13-53-33-51-7-5-47-9-16-55(17-10-47)62-24-14-49(39-71-62)26-29-68-36-54-37-69(42-68,44-70(38-54,43-68)31-28-58(61)41-73-64)30-27-50-15-25-63(72-40-50)56-18-11-48(12-19-56)6-8-52(32-51)34-53/h4,9-12,14-19,21-25,35,39-41,45,51-54H,5-8,13,20,26-34,36-38,42-44H2,1-3H3/i45D. The first kappa shape index (κ1) is 46.4. The van der Waals surface area contributed by atoms with Crippen LogP contribution < -0.4 is 0 Å². The van der Waals surface area contributed by atoms with E-state index in [2.05, 4.69) is 142 Å². The highest BCUT2D eigenvalue weighted by atomic mass is 16.3.